The zero-order chi connectivity index (χ0) is 12.0. The summed E-state index contributed by atoms with van der Waals surface area (Å²) in [6.45, 7) is 0.439. The minimum Gasteiger partial charge on any atom is -0.481 e. The Labute approximate surface area is 95.0 Å². The fourth-order valence-corrected chi connectivity index (χ4v) is 1.72. The number of hydrogen-bond donors (Lipinski definition) is 2. The van der Waals surface area contributed by atoms with Crippen molar-refractivity contribution in [2.45, 2.75) is 11.8 Å². The predicted octanol–water partition coefficient (Wildman–Crippen LogP) is 1.00. The van der Waals surface area contributed by atoms with Crippen molar-refractivity contribution in [2.24, 2.45) is 5.73 Å². The van der Waals surface area contributed by atoms with Gasteiger partial charge in [-0.05, 0) is 12.0 Å². The summed E-state index contributed by atoms with van der Waals surface area (Å²) < 4.78 is 4.95. The minimum absolute atomic E-state index is 0.0652. The number of methoxy groups -OCH3 is 1. The van der Waals surface area contributed by atoms with Gasteiger partial charge in [0.1, 0.15) is 5.41 Å². The van der Waals surface area contributed by atoms with Crippen LogP contribution in [0.2, 0.25) is 0 Å². The van der Waals surface area contributed by atoms with Crippen LogP contribution in [-0.2, 0) is 14.9 Å². The largest absolute Gasteiger partial charge is 0.481 e. The maximum Gasteiger partial charge on any atom is 0.315 e. The van der Waals surface area contributed by atoms with Crippen molar-refractivity contribution >= 4 is 5.97 Å². The van der Waals surface area contributed by atoms with Crippen molar-refractivity contribution in [3.63, 3.8) is 0 Å². The number of hydrogen-bond acceptors (Lipinski definition) is 3. The van der Waals surface area contributed by atoms with E-state index >= 15 is 0 Å². The monoisotopic (exact) mass is 223 g/mol. The van der Waals surface area contributed by atoms with E-state index in [-0.39, 0.29) is 6.54 Å². The zero-order valence-corrected chi connectivity index (χ0v) is 9.35. The molecule has 4 heteroatoms. The molecule has 0 aliphatic rings. The molecule has 0 spiro atoms. The highest BCUT2D eigenvalue weighted by Crippen LogP contribution is 2.27. The van der Waals surface area contributed by atoms with Gasteiger partial charge in [0, 0.05) is 20.3 Å². The van der Waals surface area contributed by atoms with E-state index in [0.29, 0.717) is 13.0 Å². The molecule has 0 saturated heterocycles. The number of carboxylic acids is 1. The number of carboxylic acid groups (broad SMARTS) is 1. The number of rotatable bonds is 6. The van der Waals surface area contributed by atoms with Crippen LogP contribution in [0.1, 0.15) is 12.0 Å². The molecule has 4 nitrogen and oxygen atoms in total. The van der Waals surface area contributed by atoms with Crippen molar-refractivity contribution in [3.8, 4) is 0 Å². The molecule has 0 saturated carbocycles. The molecule has 1 atom stereocenters. The Hall–Kier alpha value is -1.39. The molecule has 0 radical (unpaired) electrons. The summed E-state index contributed by atoms with van der Waals surface area (Å²) in [4.78, 5) is 11.4. The van der Waals surface area contributed by atoms with Gasteiger partial charge in [-0.15, -0.1) is 0 Å². The number of ether oxygens (including phenoxy) is 1. The minimum atomic E-state index is -1.04. The lowest BCUT2D eigenvalue weighted by Gasteiger charge is -2.28. The van der Waals surface area contributed by atoms with Gasteiger partial charge in [-0.3, -0.25) is 4.79 Å². The average Bonchev–Trinajstić information content (AvgIpc) is 2.31. The van der Waals surface area contributed by atoms with Gasteiger partial charge in [-0.25, -0.2) is 0 Å². The van der Waals surface area contributed by atoms with Crippen LogP contribution in [0, 0.1) is 0 Å². The second-order valence-corrected chi connectivity index (χ2v) is 3.70. The van der Waals surface area contributed by atoms with Gasteiger partial charge in [0.05, 0.1) is 0 Å². The fourth-order valence-electron chi connectivity index (χ4n) is 1.72. The number of benzene rings is 1. The molecule has 1 rings (SSSR count). The van der Waals surface area contributed by atoms with Crippen molar-refractivity contribution in [2.75, 3.05) is 20.3 Å². The predicted molar refractivity (Wildman–Crippen MR) is 61.3 cm³/mol. The summed E-state index contributed by atoms with van der Waals surface area (Å²) in [5.41, 5.74) is 5.32. The summed E-state index contributed by atoms with van der Waals surface area (Å²) in [5, 5.41) is 9.37. The Morgan fingerprint density at radius 2 is 2.06 bits per heavy atom. The van der Waals surface area contributed by atoms with Crippen LogP contribution in [0.4, 0.5) is 0 Å². The van der Waals surface area contributed by atoms with Gasteiger partial charge in [0.15, 0.2) is 0 Å². The first kappa shape index (κ1) is 12.7. The normalized spacial score (nSPS) is 14.4. The van der Waals surface area contributed by atoms with E-state index in [2.05, 4.69) is 0 Å². The molecular formula is C12H17NO3. The SMILES string of the molecule is COCCC(CN)(C(=O)O)c1ccccc1. The second-order valence-electron chi connectivity index (χ2n) is 3.70. The lowest BCUT2D eigenvalue weighted by atomic mass is 9.78. The molecule has 0 heterocycles. The first-order valence-electron chi connectivity index (χ1n) is 5.15. The molecule has 0 amide bonds. The highest BCUT2D eigenvalue weighted by molar-refractivity contribution is 5.81. The van der Waals surface area contributed by atoms with Gasteiger partial charge >= 0.3 is 5.97 Å². The summed E-state index contributed by atoms with van der Waals surface area (Å²) in [7, 11) is 1.55. The third kappa shape index (κ3) is 2.40. The highest BCUT2D eigenvalue weighted by Gasteiger charge is 2.38. The maximum absolute atomic E-state index is 11.4. The smallest absolute Gasteiger partial charge is 0.315 e. The van der Waals surface area contributed by atoms with E-state index in [1.807, 2.05) is 18.2 Å². The first-order chi connectivity index (χ1) is 7.67. The van der Waals surface area contributed by atoms with Gasteiger partial charge < -0.3 is 15.6 Å². The van der Waals surface area contributed by atoms with E-state index in [1.54, 1.807) is 19.2 Å². The Bertz CT molecular complexity index is 339. The van der Waals surface area contributed by atoms with Crippen molar-refractivity contribution in [1.82, 2.24) is 0 Å². The Morgan fingerprint density at radius 3 is 2.50 bits per heavy atom. The zero-order valence-electron chi connectivity index (χ0n) is 9.35. The van der Waals surface area contributed by atoms with Crippen molar-refractivity contribution in [1.29, 1.82) is 0 Å². The van der Waals surface area contributed by atoms with E-state index < -0.39 is 11.4 Å². The van der Waals surface area contributed by atoms with E-state index in [4.69, 9.17) is 10.5 Å². The Morgan fingerprint density at radius 1 is 1.44 bits per heavy atom. The summed E-state index contributed by atoms with van der Waals surface area (Å²) in [6, 6.07) is 9.06. The second kappa shape index (κ2) is 5.63. The molecule has 3 N–H and O–H groups in total. The molecule has 1 aromatic carbocycles. The first-order valence-corrected chi connectivity index (χ1v) is 5.15. The van der Waals surface area contributed by atoms with E-state index in [0.717, 1.165) is 5.56 Å². The molecule has 0 aromatic heterocycles. The van der Waals surface area contributed by atoms with Crippen LogP contribution >= 0.6 is 0 Å². The van der Waals surface area contributed by atoms with Crippen LogP contribution in [-0.4, -0.2) is 31.3 Å². The molecule has 0 bridgehead atoms. The lowest BCUT2D eigenvalue weighted by molar-refractivity contribution is -0.144. The molecular weight excluding hydrogens is 206 g/mol. The topological polar surface area (TPSA) is 72.5 Å². The molecule has 0 aliphatic carbocycles. The third-order valence-electron chi connectivity index (χ3n) is 2.82. The Kier molecular flexibility index (Phi) is 4.46. The molecule has 0 fully saturated rings. The van der Waals surface area contributed by atoms with Crippen molar-refractivity contribution < 1.29 is 14.6 Å². The van der Waals surface area contributed by atoms with Crippen LogP contribution in [0.3, 0.4) is 0 Å². The average molecular weight is 223 g/mol. The van der Waals surface area contributed by atoms with Gasteiger partial charge in [-0.2, -0.15) is 0 Å². The van der Waals surface area contributed by atoms with E-state index in [1.165, 1.54) is 0 Å². The summed E-state index contributed by atoms with van der Waals surface area (Å²) in [5.74, 6) is -0.904. The van der Waals surface area contributed by atoms with Crippen LogP contribution in [0.15, 0.2) is 30.3 Å². The molecule has 0 aliphatic heterocycles. The van der Waals surface area contributed by atoms with Crippen LogP contribution in [0.5, 0.6) is 0 Å². The van der Waals surface area contributed by atoms with Gasteiger partial charge in [0.25, 0.3) is 0 Å². The standard InChI is InChI=1S/C12H17NO3/c1-16-8-7-12(9-13,11(14)15)10-5-3-2-4-6-10/h2-6H,7-9,13H2,1H3,(H,14,15). The van der Waals surface area contributed by atoms with Gasteiger partial charge in [-0.1, -0.05) is 30.3 Å². The third-order valence-corrected chi connectivity index (χ3v) is 2.82. The van der Waals surface area contributed by atoms with Crippen LogP contribution in [0.25, 0.3) is 0 Å². The fraction of sp³-hybridized carbons (Fsp3) is 0.417. The number of aliphatic carboxylic acids is 1. The van der Waals surface area contributed by atoms with E-state index in [9.17, 15) is 9.90 Å². The molecule has 1 aromatic rings. The molecule has 88 valence electrons. The number of carbonyl (C=O) groups is 1. The molecule has 16 heavy (non-hydrogen) atoms. The number of nitrogens with two attached hydrogens (primary N) is 1. The lowest BCUT2D eigenvalue weighted by Crippen LogP contribution is -2.43. The van der Waals surface area contributed by atoms with Crippen molar-refractivity contribution in [3.05, 3.63) is 35.9 Å². The van der Waals surface area contributed by atoms with Gasteiger partial charge in [0.2, 0.25) is 0 Å². The summed E-state index contributed by atoms with van der Waals surface area (Å²) >= 11 is 0. The quantitative estimate of drug-likeness (QED) is 0.754. The highest BCUT2D eigenvalue weighted by atomic mass is 16.5. The van der Waals surface area contributed by atoms with Crippen LogP contribution < -0.4 is 5.73 Å². The maximum atomic E-state index is 11.4. The Balaban J connectivity index is 3.07. The summed E-state index contributed by atoms with van der Waals surface area (Å²) in [6.07, 6.45) is 0.374. The molecule has 1 unspecified atom stereocenters.